The predicted octanol–water partition coefficient (Wildman–Crippen LogP) is 7.03. The molecule has 3 aromatic carbocycles. The van der Waals surface area contributed by atoms with E-state index in [0.717, 1.165) is 24.8 Å². The van der Waals surface area contributed by atoms with E-state index in [2.05, 4.69) is 15.6 Å². The maximum atomic E-state index is 13.6. The summed E-state index contributed by atoms with van der Waals surface area (Å²) in [6, 6.07) is 25.1. The average Bonchev–Trinajstić information content (AvgIpc) is 3.42. The summed E-state index contributed by atoms with van der Waals surface area (Å²) in [7, 11) is -3.87. The molecule has 9 nitrogen and oxygen atoms in total. The highest BCUT2D eigenvalue weighted by Gasteiger charge is 2.34. The molecule has 1 aliphatic rings. The Morgan fingerprint density at radius 1 is 1.05 bits per heavy atom. The number of hydrogen-bond donors (Lipinski definition) is 2. The summed E-state index contributed by atoms with van der Waals surface area (Å²) in [5.74, 6) is 0.369. The van der Waals surface area contributed by atoms with Gasteiger partial charge in [0.15, 0.2) is 0 Å². The number of amides is 1. The molecule has 1 saturated carbocycles. The third-order valence-corrected chi connectivity index (χ3v) is 9.87. The number of ether oxygens (including phenoxy) is 1. The minimum Gasteiger partial charge on any atom is -0.445 e. The monoisotopic (exact) mass is 629 g/mol. The summed E-state index contributed by atoms with van der Waals surface area (Å²) in [5.41, 5.74) is 1.96. The highest BCUT2D eigenvalue weighted by molar-refractivity contribution is 7.90. The van der Waals surface area contributed by atoms with Gasteiger partial charge in [-0.1, -0.05) is 78.3 Å². The number of nitrogens with zero attached hydrogens (tertiary/aromatic N) is 3. The number of halogens is 1. The van der Waals surface area contributed by atoms with E-state index in [1.807, 2.05) is 49.4 Å². The van der Waals surface area contributed by atoms with Gasteiger partial charge in [0.25, 0.3) is 10.0 Å². The zero-order valence-electron chi connectivity index (χ0n) is 24.1. The van der Waals surface area contributed by atoms with E-state index in [-0.39, 0.29) is 17.5 Å². The van der Waals surface area contributed by atoms with Gasteiger partial charge < -0.3 is 15.4 Å². The van der Waals surface area contributed by atoms with Crippen LogP contribution in [0.15, 0.2) is 102 Å². The summed E-state index contributed by atoms with van der Waals surface area (Å²) in [4.78, 5) is 22.0. The number of para-hydroxylation sites is 1. The number of benzene rings is 3. The molecule has 11 heteroatoms. The van der Waals surface area contributed by atoms with Crippen molar-refractivity contribution in [3.8, 4) is 11.3 Å². The SMILES string of the molecule is C[C@]1(NC(=O)OCc2ccccc2)CCC[C@@H](Nc2ncc(Cl)c(-c3cn(S(=O)(=O)c4ccccc4)c4ccccc34)n2)C1. The minimum absolute atomic E-state index is 0.0167. The van der Waals surface area contributed by atoms with Gasteiger partial charge in [-0.3, -0.25) is 0 Å². The van der Waals surface area contributed by atoms with Crippen molar-refractivity contribution in [1.29, 1.82) is 0 Å². The van der Waals surface area contributed by atoms with Crippen LogP contribution >= 0.6 is 11.6 Å². The number of carbonyl (C=O) groups excluding carboxylic acids is 1. The van der Waals surface area contributed by atoms with Gasteiger partial charge in [-0.2, -0.15) is 0 Å². The second kappa shape index (κ2) is 12.3. The smallest absolute Gasteiger partial charge is 0.407 e. The lowest BCUT2D eigenvalue weighted by atomic mass is 9.80. The quantitative estimate of drug-likeness (QED) is 0.189. The van der Waals surface area contributed by atoms with Crippen LogP contribution in [0.5, 0.6) is 0 Å². The molecule has 2 aromatic heterocycles. The summed E-state index contributed by atoms with van der Waals surface area (Å²) in [6.45, 7) is 2.22. The first-order chi connectivity index (χ1) is 21.2. The van der Waals surface area contributed by atoms with Crippen molar-refractivity contribution in [3.05, 3.63) is 108 Å². The van der Waals surface area contributed by atoms with Gasteiger partial charge in [-0.15, -0.1) is 0 Å². The van der Waals surface area contributed by atoms with Crippen LogP contribution in [0.1, 0.15) is 38.2 Å². The Kier molecular flexibility index (Phi) is 8.29. The third kappa shape index (κ3) is 6.27. The van der Waals surface area contributed by atoms with Crippen molar-refractivity contribution in [1.82, 2.24) is 19.3 Å². The zero-order chi connectivity index (χ0) is 30.7. The van der Waals surface area contributed by atoms with Gasteiger partial charge in [0, 0.05) is 28.7 Å². The van der Waals surface area contributed by atoms with E-state index in [1.54, 1.807) is 48.7 Å². The first-order valence-electron chi connectivity index (χ1n) is 14.4. The molecule has 0 bridgehead atoms. The Labute approximate surface area is 261 Å². The van der Waals surface area contributed by atoms with E-state index in [4.69, 9.17) is 21.3 Å². The first-order valence-corrected chi connectivity index (χ1v) is 16.2. The first kappa shape index (κ1) is 29.7. The average molecular weight is 630 g/mol. The molecule has 0 aliphatic heterocycles. The number of rotatable bonds is 8. The minimum atomic E-state index is -3.87. The Morgan fingerprint density at radius 2 is 1.75 bits per heavy atom. The molecule has 0 unspecified atom stereocenters. The highest BCUT2D eigenvalue weighted by atomic mass is 35.5. The molecule has 1 aliphatic carbocycles. The molecule has 2 atom stereocenters. The maximum Gasteiger partial charge on any atom is 0.407 e. The van der Waals surface area contributed by atoms with Crippen LogP contribution in [0.25, 0.3) is 22.2 Å². The molecular weight excluding hydrogens is 598 g/mol. The lowest BCUT2D eigenvalue weighted by Gasteiger charge is -2.38. The van der Waals surface area contributed by atoms with Crippen molar-refractivity contribution < 1.29 is 17.9 Å². The number of anilines is 1. The second-order valence-electron chi connectivity index (χ2n) is 11.2. The molecule has 0 spiro atoms. The van der Waals surface area contributed by atoms with E-state index >= 15 is 0 Å². The second-order valence-corrected chi connectivity index (χ2v) is 13.5. The lowest BCUT2D eigenvalue weighted by molar-refractivity contribution is 0.120. The fourth-order valence-electron chi connectivity index (χ4n) is 5.78. The number of alkyl carbamates (subject to hydrolysis) is 1. The van der Waals surface area contributed by atoms with Gasteiger partial charge in [-0.05, 0) is 56.4 Å². The molecule has 2 N–H and O–H groups in total. The van der Waals surface area contributed by atoms with Crippen LogP contribution in [0.4, 0.5) is 10.7 Å². The highest BCUT2D eigenvalue weighted by Crippen LogP contribution is 2.36. The number of fused-ring (bicyclic) bond motifs is 1. The topological polar surface area (TPSA) is 115 Å². The number of aromatic nitrogens is 3. The zero-order valence-corrected chi connectivity index (χ0v) is 25.7. The van der Waals surface area contributed by atoms with Gasteiger partial charge >= 0.3 is 6.09 Å². The van der Waals surface area contributed by atoms with Crippen molar-refractivity contribution in [2.45, 2.75) is 55.7 Å². The normalized spacial score (nSPS) is 18.5. The molecule has 5 aromatic rings. The molecule has 2 heterocycles. The van der Waals surface area contributed by atoms with Crippen LogP contribution in [0, 0.1) is 0 Å². The molecule has 44 heavy (non-hydrogen) atoms. The van der Waals surface area contributed by atoms with Crippen molar-refractivity contribution in [3.63, 3.8) is 0 Å². The molecule has 1 fully saturated rings. The van der Waals surface area contributed by atoms with Gasteiger partial charge in [0.05, 0.1) is 27.3 Å². The summed E-state index contributed by atoms with van der Waals surface area (Å²) in [5, 5.41) is 7.47. The van der Waals surface area contributed by atoms with E-state index in [9.17, 15) is 13.2 Å². The van der Waals surface area contributed by atoms with Crippen LogP contribution in [0.3, 0.4) is 0 Å². The number of carbonyl (C=O) groups is 1. The summed E-state index contributed by atoms with van der Waals surface area (Å²) < 4.78 is 33.9. The Morgan fingerprint density at radius 3 is 2.52 bits per heavy atom. The van der Waals surface area contributed by atoms with E-state index < -0.39 is 21.7 Å². The van der Waals surface area contributed by atoms with E-state index in [1.165, 1.54) is 10.2 Å². The molecule has 0 saturated heterocycles. The fraction of sp³-hybridized carbons (Fsp3) is 0.242. The fourth-order valence-corrected chi connectivity index (χ4v) is 7.36. The Balaban J connectivity index is 1.22. The Hall–Kier alpha value is -4.41. The summed E-state index contributed by atoms with van der Waals surface area (Å²) in [6.07, 6.45) is 5.84. The molecular formula is C33H32ClN5O4S. The van der Waals surface area contributed by atoms with Crippen molar-refractivity contribution >= 4 is 44.6 Å². The largest absolute Gasteiger partial charge is 0.445 e. The van der Waals surface area contributed by atoms with Crippen LogP contribution in [-0.2, 0) is 21.4 Å². The number of hydrogen-bond acceptors (Lipinski definition) is 7. The standard InChI is InChI=1S/C33H32ClN5O4S/c1-33(38-32(40)43-22-23-11-4-2-5-12-23)18-10-13-24(19-33)36-31-35-20-28(34)30(37-31)27-21-39(29-17-9-8-16-26(27)29)44(41,42)25-14-6-3-7-15-25/h2-9,11-12,14-17,20-21,24H,10,13,18-19,22H2,1H3,(H,38,40)(H,35,36,37)/t24-,33+/m1/s1. The van der Waals surface area contributed by atoms with Gasteiger partial charge in [-0.25, -0.2) is 27.2 Å². The lowest BCUT2D eigenvalue weighted by Crippen LogP contribution is -2.51. The molecule has 6 rings (SSSR count). The summed E-state index contributed by atoms with van der Waals surface area (Å²) >= 11 is 6.62. The Bertz CT molecular complexity index is 1900. The van der Waals surface area contributed by atoms with E-state index in [0.29, 0.717) is 39.6 Å². The molecule has 226 valence electrons. The molecule has 1 amide bonds. The van der Waals surface area contributed by atoms with Gasteiger partial charge in [0.1, 0.15) is 6.61 Å². The predicted molar refractivity (Wildman–Crippen MR) is 171 cm³/mol. The maximum absolute atomic E-state index is 13.6. The third-order valence-electron chi connectivity index (χ3n) is 7.91. The number of nitrogens with one attached hydrogen (secondary N) is 2. The van der Waals surface area contributed by atoms with Crippen LogP contribution in [-0.4, -0.2) is 40.0 Å². The van der Waals surface area contributed by atoms with Crippen LogP contribution in [0.2, 0.25) is 5.02 Å². The van der Waals surface area contributed by atoms with Crippen molar-refractivity contribution in [2.75, 3.05) is 5.32 Å². The molecule has 0 radical (unpaired) electrons. The van der Waals surface area contributed by atoms with Crippen LogP contribution < -0.4 is 10.6 Å². The van der Waals surface area contributed by atoms with Crippen molar-refractivity contribution in [2.24, 2.45) is 0 Å². The van der Waals surface area contributed by atoms with Gasteiger partial charge in [0.2, 0.25) is 5.95 Å².